The molecular formula is C11H11ClFN. The maximum absolute atomic E-state index is 13.1. The van der Waals surface area contributed by atoms with E-state index in [4.69, 9.17) is 11.6 Å². The largest absolute Gasteiger partial charge is 0.319 e. The highest BCUT2D eigenvalue weighted by molar-refractivity contribution is 6.30. The summed E-state index contributed by atoms with van der Waals surface area (Å²) in [5.74, 6) is 5.27. The Labute approximate surface area is 88.3 Å². The third-order valence-corrected chi connectivity index (χ3v) is 1.89. The normalized spacial score (nSPS) is 9.36. The minimum atomic E-state index is -0.327. The second kappa shape index (κ2) is 5.64. The molecule has 0 fully saturated rings. The van der Waals surface area contributed by atoms with Crippen molar-refractivity contribution in [1.29, 1.82) is 0 Å². The van der Waals surface area contributed by atoms with Gasteiger partial charge >= 0.3 is 0 Å². The lowest BCUT2D eigenvalue weighted by molar-refractivity contribution is 0.624. The summed E-state index contributed by atoms with van der Waals surface area (Å²) in [5, 5.41) is 3.46. The van der Waals surface area contributed by atoms with Crippen molar-refractivity contribution in [2.75, 3.05) is 13.6 Å². The summed E-state index contributed by atoms with van der Waals surface area (Å²) in [7, 11) is 1.85. The van der Waals surface area contributed by atoms with E-state index >= 15 is 0 Å². The zero-order valence-corrected chi connectivity index (χ0v) is 8.66. The van der Waals surface area contributed by atoms with Gasteiger partial charge in [0.1, 0.15) is 5.82 Å². The quantitative estimate of drug-likeness (QED) is 0.585. The van der Waals surface area contributed by atoms with Crippen LogP contribution in [0.15, 0.2) is 18.2 Å². The van der Waals surface area contributed by atoms with E-state index < -0.39 is 0 Å². The van der Waals surface area contributed by atoms with Crippen molar-refractivity contribution in [2.24, 2.45) is 0 Å². The van der Waals surface area contributed by atoms with Crippen LogP contribution in [0.1, 0.15) is 12.0 Å². The van der Waals surface area contributed by atoms with Crippen LogP contribution >= 0.6 is 11.6 Å². The van der Waals surface area contributed by atoms with Crippen molar-refractivity contribution < 1.29 is 4.39 Å². The van der Waals surface area contributed by atoms with Gasteiger partial charge in [-0.1, -0.05) is 23.4 Å². The third kappa shape index (κ3) is 3.37. The first-order chi connectivity index (χ1) is 6.74. The van der Waals surface area contributed by atoms with Gasteiger partial charge < -0.3 is 5.32 Å². The molecule has 14 heavy (non-hydrogen) atoms. The molecule has 0 amide bonds. The van der Waals surface area contributed by atoms with Gasteiger partial charge in [0.25, 0.3) is 0 Å². The summed E-state index contributed by atoms with van der Waals surface area (Å²) in [6.07, 6.45) is 0.697. The van der Waals surface area contributed by atoms with Gasteiger partial charge in [0.15, 0.2) is 0 Å². The molecule has 0 aromatic heterocycles. The lowest BCUT2D eigenvalue weighted by Crippen LogP contribution is -2.05. The molecule has 0 heterocycles. The molecule has 0 aliphatic rings. The van der Waals surface area contributed by atoms with Crippen LogP contribution in [0.2, 0.25) is 5.02 Å². The highest BCUT2D eigenvalue weighted by Crippen LogP contribution is 2.13. The lowest BCUT2D eigenvalue weighted by Gasteiger charge is -1.94. The van der Waals surface area contributed by atoms with Crippen LogP contribution in [0.25, 0.3) is 0 Å². The molecule has 1 N–H and O–H groups in total. The van der Waals surface area contributed by atoms with Gasteiger partial charge in [-0.3, -0.25) is 0 Å². The standard InChI is InChI=1S/C11H11ClFN/c1-14-7-3-2-4-9-8-10(12)5-6-11(9)13/h5-6,8,14H,3,7H2,1H3. The molecule has 0 radical (unpaired) electrons. The summed E-state index contributed by atoms with van der Waals surface area (Å²) in [6, 6.07) is 4.36. The second-order valence-electron chi connectivity index (χ2n) is 2.78. The molecule has 74 valence electrons. The van der Waals surface area contributed by atoms with E-state index in [0.29, 0.717) is 17.0 Å². The molecule has 3 heteroatoms. The Morgan fingerprint density at radius 3 is 3.00 bits per heavy atom. The number of hydrogen-bond acceptors (Lipinski definition) is 1. The maximum atomic E-state index is 13.1. The van der Waals surface area contributed by atoms with Crippen LogP contribution in [0.4, 0.5) is 4.39 Å². The van der Waals surface area contributed by atoms with Gasteiger partial charge in [-0.05, 0) is 25.2 Å². The molecule has 0 saturated carbocycles. The molecule has 0 unspecified atom stereocenters. The predicted molar refractivity (Wildman–Crippen MR) is 56.8 cm³/mol. The van der Waals surface area contributed by atoms with Crippen LogP contribution in [0.3, 0.4) is 0 Å². The van der Waals surface area contributed by atoms with Crippen molar-refractivity contribution in [1.82, 2.24) is 5.32 Å². The van der Waals surface area contributed by atoms with Gasteiger partial charge in [0.05, 0.1) is 5.56 Å². The van der Waals surface area contributed by atoms with E-state index in [0.717, 1.165) is 6.54 Å². The SMILES string of the molecule is CNCCC#Cc1cc(Cl)ccc1F. The predicted octanol–water partition coefficient (Wildman–Crippen LogP) is 2.44. The zero-order valence-electron chi connectivity index (χ0n) is 7.90. The fraction of sp³-hybridized carbons (Fsp3) is 0.273. The first kappa shape index (κ1) is 11.0. The molecular weight excluding hydrogens is 201 g/mol. The van der Waals surface area contributed by atoms with Crippen molar-refractivity contribution in [2.45, 2.75) is 6.42 Å². The fourth-order valence-corrected chi connectivity index (χ4v) is 1.11. The number of benzene rings is 1. The number of hydrogen-bond donors (Lipinski definition) is 1. The van der Waals surface area contributed by atoms with Gasteiger partial charge in [0, 0.05) is 18.0 Å². The molecule has 0 bridgehead atoms. The number of rotatable bonds is 2. The van der Waals surface area contributed by atoms with Gasteiger partial charge in [-0.2, -0.15) is 0 Å². The van der Waals surface area contributed by atoms with Crippen LogP contribution < -0.4 is 5.32 Å². The third-order valence-electron chi connectivity index (χ3n) is 1.65. The van der Waals surface area contributed by atoms with E-state index in [1.807, 2.05) is 7.05 Å². The molecule has 0 atom stereocenters. The Bertz CT molecular complexity index is 365. The van der Waals surface area contributed by atoms with Crippen LogP contribution in [0.5, 0.6) is 0 Å². The molecule has 1 aromatic rings. The molecule has 0 aliphatic heterocycles. The molecule has 0 saturated heterocycles. The number of nitrogens with one attached hydrogen (secondary N) is 1. The maximum Gasteiger partial charge on any atom is 0.138 e. The topological polar surface area (TPSA) is 12.0 Å². The van der Waals surface area contributed by atoms with E-state index in [9.17, 15) is 4.39 Å². The summed E-state index contributed by atoms with van der Waals surface area (Å²) < 4.78 is 13.1. The van der Waals surface area contributed by atoms with Crippen LogP contribution in [0, 0.1) is 17.7 Å². The van der Waals surface area contributed by atoms with E-state index in [1.165, 1.54) is 18.2 Å². The fourth-order valence-electron chi connectivity index (χ4n) is 0.939. The molecule has 0 spiro atoms. The van der Waals surface area contributed by atoms with E-state index in [2.05, 4.69) is 17.2 Å². The number of halogens is 2. The van der Waals surface area contributed by atoms with Crippen molar-refractivity contribution >= 4 is 11.6 Å². The zero-order chi connectivity index (χ0) is 10.4. The summed E-state index contributed by atoms with van der Waals surface area (Å²) in [5.41, 5.74) is 0.355. The highest BCUT2D eigenvalue weighted by Gasteiger charge is 1.98. The Morgan fingerprint density at radius 1 is 1.50 bits per heavy atom. The second-order valence-corrected chi connectivity index (χ2v) is 3.22. The smallest absolute Gasteiger partial charge is 0.138 e. The molecule has 1 rings (SSSR count). The van der Waals surface area contributed by atoms with Crippen LogP contribution in [-0.4, -0.2) is 13.6 Å². The molecule has 1 nitrogen and oxygen atoms in total. The highest BCUT2D eigenvalue weighted by atomic mass is 35.5. The minimum absolute atomic E-state index is 0.327. The van der Waals surface area contributed by atoms with Crippen molar-refractivity contribution in [3.8, 4) is 11.8 Å². The Kier molecular flexibility index (Phi) is 4.45. The summed E-state index contributed by atoms with van der Waals surface area (Å²) in [4.78, 5) is 0. The Morgan fingerprint density at radius 2 is 2.29 bits per heavy atom. The van der Waals surface area contributed by atoms with Gasteiger partial charge in [0.2, 0.25) is 0 Å². The first-order valence-electron chi connectivity index (χ1n) is 4.32. The average Bonchev–Trinajstić information content (AvgIpc) is 2.18. The first-order valence-corrected chi connectivity index (χ1v) is 4.70. The van der Waals surface area contributed by atoms with Crippen molar-refractivity contribution in [3.63, 3.8) is 0 Å². The van der Waals surface area contributed by atoms with Gasteiger partial charge in [-0.25, -0.2) is 4.39 Å². The average molecular weight is 212 g/mol. The summed E-state index contributed by atoms with van der Waals surface area (Å²) >= 11 is 5.71. The van der Waals surface area contributed by atoms with E-state index in [1.54, 1.807) is 0 Å². The summed E-state index contributed by atoms with van der Waals surface area (Å²) in [6.45, 7) is 0.801. The Hall–Kier alpha value is -1.04. The molecule has 0 aliphatic carbocycles. The minimum Gasteiger partial charge on any atom is -0.319 e. The molecule has 1 aromatic carbocycles. The monoisotopic (exact) mass is 211 g/mol. The van der Waals surface area contributed by atoms with Crippen LogP contribution in [-0.2, 0) is 0 Å². The lowest BCUT2D eigenvalue weighted by atomic mass is 10.2. The van der Waals surface area contributed by atoms with E-state index in [-0.39, 0.29) is 5.82 Å². The van der Waals surface area contributed by atoms with Gasteiger partial charge in [-0.15, -0.1) is 0 Å². The Balaban J connectivity index is 2.73. The van der Waals surface area contributed by atoms with Crippen molar-refractivity contribution in [3.05, 3.63) is 34.6 Å².